The number of hydrogen-bond acceptors (Lipinski definition) is 4. The molecule has 1 aromatic heterocycles. The van der Waals surface area contributed by atoms with Gasteiger partial charge in [0.15, 0.2) is 5.13 Å². The number of thiazole rings is 1. The summed E-state index contributed by atoms with van der Waals surface area (Å²) < 4.78 is 1.27. The van der Waals surface area contributed by atoms with Crippen LogP contribution in [0.2, 0.25) is 0 Å². The Morgan fingerprint density at radius 1 is 1.32 bits per heavy atom. The van der Waals surface area contributed by atoms with Gasteiger partial charge in [0.25, 0.3) is 0 Å². The van der Waals surface area contributed by atoms with Crippen LogP contribution in [0, 0.1) is 5.92 Å². The van der Waals surface area contributed by atoms with E-state index < -0.39 is 0 Å². The van der Waals surface area contributed by atoms with Crippen molar-refractivity contribution in [3.05, 3.63) is 24.3 Å². The molecule has 0 bridgehead atoms. The van der Waals surface area contributed by atoms with Crippen molar-refractivity contribution in [3.63, 3.8) is 0 Å². The molecule has 0 spiro atoms. The Morgan fingerprint density at radius 3 is 2.89 bits per heavy atom. The van der Waals surface area contributed by atoms with Crippen LogP contribution in [0.4, 0.5) is 5.13 Å². The molecule has 1 aliphatic carbocycles. The molecule has 0 aliphatic heterocycles. The van der Waals surface area contributed by atoms with Gasteiger partial charge in [-0.1, -0.05) is 36.3 Å². The fraction of sp³-hybridized carbons (Fsp3) is 0.533. The molecule has 1 aromatic carbocycles. The number of fused-ring (bicyclic) bond motifs is 1. The van der Waals surface area contributed by atoms with Gasteiger partial charge in [0, 0.05) is 13.1 Å². The van der Waals surface area contributed by atoms with Crippen LogP contribution in [0.15, 0.2) is 24.3 Å². The van der Waals surface area contributed by atoms with E-state index >= 15 is 0 Å². The summed E-state index contributed by atoms with van der Waals surface area (Å²) in [5, 5.41) is 1.13. The van der Waals surface area contributed by atoms with Gasteiger partial charge in [-0.25, -0.2) is 4.98 Å². The molecule has 4 heteroatoms. The van der Waals surface area contributed by atoms with E-state index in [4.69, 9.17) is 10.7 Å². The number of hydrogen-bond donors (Lipinski definition) is 1. The summed E-state index contributed by atoms with van der Waals surface area (Å²) in [6.45, 7) is 0.792. The van der Waals surface area contributed by atoms with Crippen molar-refractivity contribution in [1.29, 1.82) is 0 Å². The summed E-state index contributed by atoms with van der Waals surface area (Å²) in [6, 6.07) is 8.91. The lowest BCUT2D eigenvalue weighted by atomic mass is 9.84. The van der Waals surface area contributed by atoms with Crippen molar-refractivity contribution in [2.24, 2.45) is 11.7 Å². The summed E-state index contributed by atoms with van der Waals surface area (Å²) in [4.78, 5) is 7.12. The Hall–Kier alpha value is -1.13. The average molecular weight is 275 g/mol. The topological polar surface area (TPSA) is 42.2 Å². The van der Waals surface area contributed by atoms with Crippen LogP contribution in [-0.2, 0) is 0 Å². The van der Waals surface area contributed by atoms with Crippen molar-refractivity contribution in [2.45, 2.75) is 31.7 Å². The Labute approximate surface area is 118 Å². The minimum atomic E-state index is 0.555. The SMILES string of the molecule is CN(c1nc2ccccc2s1)C1CCCCC1CN. The molecule has 1 aliphatic rings. The standard InChI is InChI=1S/C15H21N3S/c1-18(13-8-4-2-6-11(13)10-16)15-17-12-7-3-5-9-14(12)19-15/h3,5,7,9,11,13H,2,4,6,8,10,16H2,1H3. The first kappa shape index (κ1) is 12.9. The fourth-order valence-electron chi connectivity index (χ4n) is 3.13. The molecular formula is C15H21N3S. The number of rotatable bonds is 3. The zero-order valence-electron chi connectivity index (χ0n) is 11.4. The number of aromatic nitrogens is 1. The largest absolute Gasteiger partial charge is 0.348 e. The molecule has 1 heterocycles. The van der Waals surface area contributed by atoms with Crippen LogP contribution >= 0.6 is 11.3 Å². The Balaban J connectivity index is 1.87. The predicted octanol–water partition coefficient (Wildman–Crippen LogP) is 3.25. The van der Waals surface area contributed by atoms with Gasteiger partial charge in [-0.15, -0.1) is 0 Å². The van der Waals surface area contributed by atoms with Crippen LogP contribution in [0.1, 0.15) is 25.7 Å². The summed E-state index contributed by atoms with van der Waals surface area (Å²) >= 11 is 1.79. The Bertz CT molecular complexity index is 518. The van der Waals surface area contributed by atoms with Gasteiger partial charge < -0.3 is 10.6 Å². The second-order valence-corrected chi connectivity index (χ2v) is 6.43. The lowest BCUT2D eigenvalue weighted by Gasteiger charge is -2.37. The minimum Gasteiger partial charge on any atom is -0.348 e. The van der Waals surface area contributed by atoms with Gasteiger partial charge in [-0.3, -0.25) is 0 Å². The summed E-state index contributed by atoms with van der Waals surface area (Å²) in [7, 11) is 2.18. The summed E-state index contributed by atoms with van der Waals surface area (Å²) in [5.74, 6) is 0.616. The van der Waals surface area contributed by atoms with E-state index in [0.29, 0.717) is 12.0 Å². The molecule has 2 N–H and O–H groups in total. The second kappa shape index (κ2) is 5.47. The van der Waals surface area contributed by atoms with Crippen molar-refractivity contribution < 1.29 is 0 Å². The van der Waals surface area contributed by atoms with Crippen molar-refractivity contribution in [2.75, 3.05) is 18.5 Å². The van der Waals surface area contributed by atoms with Crippen molar-refractivity contribution >= 4 is 26.7 Å². The van der Waals surface area contributed by atoms with Crippen LogP contribution in [0.25, 0.3) is 10.2 Å². The van der Waals surface area contributed by atoms with E-state index in [9.17, 15) is 0 Å². The Kier molecular flexibility index (Phi) is 3.71. The molecule has 2 aromatic rings. The maximum atomic E-state index is 5.94. The normalized spacial score (nSPS) is 23.7. The van der Waals surface area contributed by atoms with Crippen LogP contribution in [-0.4, -0.2) is 24.6 Å². The fourth-order valence-corrected chi connectivity index (χ4v) is 4.11. The molecule has 2 unspecified atom stereocenters. The number of nitrogens with two attached hydrogens (primary N) is 1. The predicted molar refractivity (Wildman–Crippen MR) is 82.8 cm³/mol. The minimum absolute atomic E-state index is 0.555. The van der Waals surface area contributed by atoms with E-state index in [1.807, 2.05) is 0 Å². The highest BCUT2D eigenvalue weighted by molar-refractivity contribution is 7.22. The molecule has 0 saturated heterocycles. The first-order valence-electron chi connectivity index (χ1n) is 7.08. The van der Waals surface area contributed by atoms with Crippen LogP contribution in [0.3, 0.4) is 0 Å². The third-order valence-corrected chi connectivity index (χ3v) is 5.38. The number of nitrogens with zero attached hydrogens (tertiary/aromatic N) is 2. The molecular weight excluding hydrogens is 254 g/mol. The van der Waals surface area contributed by atoms with Crippen LogP contribution < -0.4 is 10.6 Å². The van der Waals surface area contributed by atoms with E-state index in [0.717, 1.165) is 17.2 Å². The average Bonchev–Trinajstić information content (AvgIpc) is 2.90. The molecule has 19 heavy (non-hydrogen) atoms. The van der Waals surface area contributed by atoms with E-state index in [-0.39, 0.29) is 0 Å². The second-order valence-electron chi connectivity index (χ2n) is 5.42. The third-order valence-electron chi connectivity index (χ3n) is 4.25. The van der Waals surface area contributed by atoms with Crippen LogP contribution in [0.5, 0.6) is 0 Å². The van der Waals surface area contributed by atoms with E-state index in [2.05, 4.69) is 36.2 Å². The van der Waals surface area contributed by atoms with Gasteiger partial charge in [0.05, 0.1) is 10.2 Å². The maximum Gasteiger partial charge on any atom is 0.186 e. The van der Waals surface area contributed by atoms with Gasteiger partial charge in [-0.2, -0.15) is 0 Å². The van der Waals surface area contributed by atoms with Gasteiger partial charge >= 0.3 is 0 Å². The zero-order chi connectivity index (χ0) is 13.2. The summed E-state index contributed by atoms with van der Waals surface area (Å²) in [6.07, 6.45) is 5.15. The quantitative estimate of drug-likeness (QED) is 0.935. The number of anilines is 1. The molecule has 0 amide bonds. The number of para-hydroxylation sites is 1. The number of benzene rings is 1. The van der Waals surface area contributed by atoms with Gasteiger partial charge in [0.2, 0.25) is 0 Å². The Morgan fingerprint density at radius 2 is 2.11 bits per heavy atom. The van der Waals surface area contributed by atoms with Gasteiger partial charge in [-0.05, 0) is 37.4 Å². The molecule has 1 fully saturated rings. The highest BCUT2D eigenvalue weighted by atomic mass is 32.1. The zero-order valence-corrected chi connectivity index (χ0v) is 12.2. The molecule has 0 radical (unpaired) electrons. The smallest absolute Gasteiger partial charge is 0.186 e. The molecule has 3 nitrogen and oxygen atoms in total. The lowest BCUT2D eigenvalue weighted by molar-refractivity contribution is 0.306. The molecule has 2 atom stereocenters. The molecule has 1 saturated carbocycles. The summed E-state index contributed by atoms with van der Waals surface area (Å²) in [5.41, 5.74) is 7.05. The highest BCUT2D eigenvalue weighted by Crippen LogP contribution is 2.34. The lowest BCUT2D eigenvalue weighted by Crippen LogP contribution is -2.43. The monoisotopic (exact) mass is 275 g/mol. The van der Waals surface area contributed by atoms with Crippen molar-refractivity contribution in [1.82, 2.24) is 4.98 Å². The van der Waals surface area contributed by atoms with E-state index in [1.165, 1.54) is 30.4 Å². The molecule has 102 valence electrons. The highest BCUT2D eigenvalue weighted by Gasteiger charge is 2.28. The maximum absolute atomic E-state index is 5.94. The van der Waals surface area contributed by atoms with E-state index in [1.54, 1.807) is 11.3 Å². The molecule has 3 rings (SSSR count). The third kappa shape index (κ3) is 2.47. The first-order valence-corrected chi connectivity index (χ1v) is 7.89. The first-order chi connectivity index (χ1) is 9.29. The van der Waals surface area contributed by atoms with Gasteiger partial charge in [0.1, 0.15) is 0 Å². The van der Waals surface area contributed by atoms with Crippen molar-refractivity contribution in [3.8, 4) is 0 Å².